The molecule has 0 bridgehead atoms. The normalized spacial score (nSPS) is 12.1. The minimum Gasteiger partial charge on any atom is -0.466 e. The zero-order chi connectivity index (χ0) is 19.6. The van der Waals surface area contributed by atoms with Gasteiger partial charge in [0.25, 0.3) is 0 Å². The van der Waals surface area contributed by atoms with E-state index in [4.69, 9.17) is 9.47 Å². The average Bonchev–Trinajstić information content (AvgIpc) is 2.99. The molecule has 1 heterocycles. The maximum atomic E-state index is 12.3. The van der Waals surface area contributed by atoms with Gasteiger partial charge in [0.1, 0.15) is 6.54 Å². The van der Waals surface area contributed by atoms with Gasteiger partial charge in [-0.1, -0.05) is 30.8 Å². The van der Waals surface area contributed by atoms with Gasteiger partial charge in [-0.15, -0.1) is 0 Å². The monoisotopic (exact) mass is 392 g/mol. The molecule has 6 nitrogen and oxygen atoms in total. The van der Waals surface area contributed by atoms with Crippen LogP contribution in [-0.4, -0.2) is 40.0 Å². The van der Waals surface area contributed by atoms with E-state index in [1.54, 1.807) is 11.8 Å². The van der Waals surface area contributed by atoms with E-state index < -0.39 is 0 Å². The molecule has 0 amide bonds. The van der Waals surface area contributed by atoms with E-state index in [0.717, 1.165) is 41.2 Å². The van der Waals surface area contributed by atoms with E-state index in [9.17, 15) is 9.59 Å². The number of ether oxygens (including phenoxy) is 2. The Morgan fingerprint density at radius 3 is 2.70 bits per heavy atom. The molecule has 0 N–H and O–H groups in total. The third kappa shape index (κ3) is 6.57. The van der Waals surface area contributed by atoms with Crippen molar-refractivity contribution in [3.05, 3.63) is 24.3 Å². The van der Waals surface area contributed by atoms with Crippen LogP contribution in [0.5, 0.6) is 0 Å². The highest BCUT2D eigenvalue weighted by Gasteiger charge is 2.16. The predicted molar refractivity (Wildman–Crippen MR) is 107 cm³/mol. The first-order valence-electron chi connectivity index (χ1n) is 9.48. The summed E-state index contributed by atoms with van der Waals surface area (Å²) in [6, 6.07) is 7.78. The topological polar surface area (TPSA) is 70.4 Å². The molecule has 0 saturated heterocycles. The first kappa shape index (κ1) is 21.3. The Hall–Kier alpha value is -2.02. The number of imidazole rings is 1. The summed E-state index contributed by atoms with van der Waals surface area (Å²) in [7, 11) is 0. The third-order valence-electron chi connectivity index (χ3n) is 4.13. The number of carbonyl (C=O) groups is 2. The third-order valence-corrected chi connectivity index (χ3v) is 5.19. The van der Waals surface area contributed by atoms with Crippen molar-refractivity contribution in [1.29, 1.82) is 0 Å². The minimum atomic E-state index is -0.253. The van der Waals surface area contributed by atoms with Gasteiger partial charge in [-0.2, -0.15) is 0 Å². The lowest BCUT2D eigenvalue weighted by Crippen LogP contribution is -2.19. The van der Waals surface area contributed by atoms with E-state index in [2.05, 4.69) is 4.98 Å². The van der Waals surface area contributed by atoms with E-state index in [-0.39, 0.29) is 24.6 Å². The number of nitrogens with zero attached hydrogens (tertiary/aromatic N) is 2. The van der Waals surface area contributed by atoms with E-state index in [1.807, 2.05) is 49.6 Å². The fourth-order valence-corrected chi connectivity index (χ4v) is 3.57. The predicted octanol–water partition coefficient (Wildman–Crippen LogP) is 4.20. The van der Waals surface area contributed by atoms with Crippen LogP contribution in [-0.2, 0) is 25.6 Å². The molecule has 0 aliphatic heterocycles. The summed E-state index contributed by atoms with van der Waals surface area (Å²) in [5.41, 5.74) is 1.79. The molecule has 2 aromatic rings. The number of unbranched alkanes of at least 4 members (excludes halogenated alkanes) is 1. The summed E-state index contributed by atoms with van der Waals surface area (Å²) in [4.78, 5) is 28.3. The SMILES string of the molecule is CCOC(=O)CCCCSc1nc2ccccc2n1CC(=O)OC(C)CC. The molecular weight excluding hydrogens is 364 g/mol. The van der Waals surface area contributed by atoms with Crippen LogP contribution in [0.4, 0.5) is 0 Å². The van der Waals surface area contributed by atoms with E-state index in [0.29, 0.717) is 13.0 Å². The van der Waals surface area contributed by atoms with Gasteiger partial charge in [-0.25, -0.2) is 4.98 Å². The molecule has 1 unspecified atom stereocenters. The molecule has 27 heavy (non-hydrogen) atoms. The van der Waals surface area contributed by atoms with Gasteiger partial charge in [-0.3, -0.25) is 9.59 Å². The summed E-state index contributed by atoms with van der Waals surface area (Å²) in [5.74, 6) is 0.419. The molecule has 7 heteroatoms. The molecule has 0 spiro atoms. The number of fused-ring (bicyclic) bond motifs is 1. The number of hydrogen-bond acceptors (Lipinski definition) is 6. The van der Waals surface area contributed by atoms with Crippen molar-refractivity contribution in [3.63, 3.8) is 0 Å². The summed E-state index contributed by atoms with van der Waals surface area (Å²) >= 11 is 1.60. The highest BCUT2D eigenvalue weighted by Crippen LogP contribution is 2.25. The molecule has 1 aromatic carbocycles. The fraction of sp³-hybridized carbons (Fsp3) is 0.550. The lowest BCUT2D eigenvalue weighted by Gasteiger charge is -2.13. The summed E-state index contributed by atoms with van der Waals surface area (Å²) in [5, 5.41) is 0.799. The van der Waals surface area contributed by atoms with Crippen LogP contribution in [0.25, 0.3) is 11.0 Å². The van der Waals surface area contributed by atoms with Crippen LogP contribution < -0.4 is 0 Å². The summed E-state index contributed by atoms with van der Waals surface area (Å²) in [6.07, 6.45) is 2.79. The summed E-state index contributed by atoms with van der Waals surface area (Å²) in [6.45, 7) is 6.26. The zero-order valence-corrected chi connectivity index (χ0v) is 17.1. The van der Waals surface area contributed by atoms with Gasteiger partial charge in [0.15, 0.2) is 5.16 Å². The minimum absolute atomic E-state index is 0.0914. The Bertz CT molecular complexity index is 760. The number of thioether (sulfide) groups is 1. The molecule has 148 valence electrons. The molecule has 0 radical (unpaired) electrons. The lowest BCUT2D eigenvalue weighted by molar-refractivity contribution is -0.149. The van der Waals surface area contributed by atoms with Crippen LogP contribution in [0.1, 0.15) is 46.5 Å². The van der Waals surface area contributed by atoms with E-state index >= 15 is 0 Å². The Morgan fingerprint density at radius 2 is 1.96 bits per heavy atom. The first-order valence-corrected chi connectivity index (χ1v) is 10.5. The standard InChI is InChI=1S/C20H28N2O4S/c1-4-15(3)26-19(24)14-22-17-11-7-6-10-16(17)21-20(22)27-13-9-8-12-18(23)25-5-2/h6-7,10-11,15H,4-5,8-9,12-14H2,1-3H3. The maximum Gasteiger partial charge on any atom is 0.326 e. The van der Waals surface area contributed by atoms with Crippen molar-refractivity contribution in [1.82, 2.24) is 9.55 Å². The Kier molecular flexibility index (Phi) is 8.64. The molecule has 0 saturated carbocycles. The molecule has 0 fully saturated rings. The second kappa shape index (κ2) is 11.0. The van der Waals surface area contributed by atoms with Crippen LogP contribution in [0.3, 0.4) is 0 Å². The smallest absolute Gasteiger partial charge is 0.326 e. The lowest BCUT2D eigenvalue weighted by atomic mass is 10.2. The Labute approximate surface area is 164 Å². The number of benzene rings is 1. The number of aromatic nitrogens is 2. The number of esters is 2. The Morgan fingerprint density at radius 1 is 1.19 bits per heavy atom. The average molecular weight is 393 g/mol. The molecule has 1 aromatic heterocycles. The van der Waals surface area contributed by atoms with Crippen LogP contribution >= 0.6 is 11.8 Å². The van der Waals surface area contributed by atoms with Crippen LogP contribution in [0.15, 0.2) is 29.4 Å². The second-order valence-electron chi connectivity index (χ2n) is 6.29. The van der Waals surface area contributed by atoms with E-state index in [1.165, 1.54) is 0 Å². The summed E-state index contributed by atoms with van der Waals surface area (Å²) < 4.78 is 12.3. The van der Waals surface area contributed by atoms with Crippen LogP contribution in [0.2, 0.25) is 0 Å². The first-order chi connectivity index (χ1) is 13.0. The molecule has 0 aliphatic carbocycles. The molecule has 2 rings (SSSR count). The van der Waals surface area contributed by atoms with Crippen molar-refractivity contribution in [3.8, 4) is 0 Å². The Balaban J connectivity index is 1.98. The quantitative estimate of drug-likeness (QED) is 0.324. The van der Waals surface area contributed by atoms with Crippen molar-refractivity contribution in [2.75, 3.05) is 12.4 Å². The fourth-order valence-electron chi connectivity index (χ4n) is 2.56. The zero-order valence-electron chi connectivity index (χ0n) is 16.3. The van der Waals surface area contributed by atoms with Gasteiger partial charge in [-0.05, 0) is 45.2 Å². The van der Waals surface area contributed by atoms with Gasteiger partial charge in [0.05, 0.1) is 23.7 Å². The van der Waals surface area contributed by atoms with Gasteiger partial charge < -0.3 is 14.0 Å². The van der Waals surface area contributed by atoms with Crippen LogP contribution in [0, 0.1) is 0 Å². The van der Waals surface area contributed by atoms with Gasteiger partial charge in [0, 0.05) is 12.2 Å². The van der Waals surface area contributed by atoms with Crippen molar-refractivity contribution in [2.24, 2.45) is 0 Å². The number of carbonyl (C=O) groups excluding carboxylic acids is 2. The maximum absolute atomic E-state index is 12.3. The highest BCUT2D eigenvalue weighted by atomic mass is 32.2. The second-order valence-corrected chi connectivity index (χ2v) is 7.35. The molecule has 0 aliphatic rings. The number of rotatable bonds is 11. The molecular formula is C20H28N2O4S. The van der Waals surface area contributed by atoms with Crippen molar-refractivity contribution in [2.45, 2.75) is 64.3 Å². The largest absolute Gasteiger partial charge is 0.466 e. The van der Waals surface area contributed by atoms with Crippen molar-refractivity contribution >= 4 is 34.7 Å². The molecule has 1 atom stereocenters. The van der Waals surface area contributed by atoms with Crippen molar-refractivity contribution < 1.29 is 19.1 Å². The number of para-hydroxylation sites is 2. The van der Waals surface area contributed by atoms with Gasteiger partial charge >= 0.3 is 11.9 Å². The highest BCUT2D eigenvalue weighted by molar-refractivity contribution is 7.99. The number of hydrogen-bond donors (Lipinski definition) is 0. The van der Waals surface area contributed by atoms with Gasteiger partial charge in [0.2, 0.25) is 0 Å².